The molecule has 0 saturated carbocycles. The molecule has 0 heterocycles. The van der Waals surface area contributed by atoms with E-state index < -0.39 is 17.9 Å². The molecule has 0 radical (unpaired) electrons. The van der Waals surface area contributed by atoms with Crippen LogP contribution >= 0.6 is 0 Å². The molecule has 1 aromatic rings. The minimum Gasteiger partial charge on any atom is -0.497 e. The first-order valence-corrected chi connectivity index (χ1v) is 5.47. The van der Waals surface area contributed by atoms with Crippen molar-refractivity contribution in [3.8, 4) is 5.75 Å². The molecule has 0 spiro atoms. The average Bonchev–Trinajstić information content (AvgIpc) is 2.35. The highest BCUT2D eigenvalue weighted by atomic mass is 16.5. The number of carbonyl (C=O) groups is 2. The van der Waals surface area contributed by atoms with E-state index >= 15 is 0 Å². The molecule has 0 aliphatic heterocycles. The van der Waals surface area contributed by atoms with E-state index in [0.717, 1.165) is 5.56 Å². The summed E-state index contributed by atoms with van der Waals surface area (Å²) in [5, 5.41) is 2.63. The molecule has 0 saturated heterocycles. The number of rotatable bonds is 6. The molecule has 0 bridgehead atoms. The van der Waals surface area contributed by atoms with Gasteiger partial charge in [0, 0.05) is 6.54 Å². The second-order valence-electron chi connectivity index (χ2n) is 3.85. The highest BCUT2D eigenvalue weighted by Crippen LogP contribution is 2.12. The van der Waals surface area contributed by atoms with Crippen LogP contribution in [0.5, 0.6) is 5.75 Å². The number of methoxy groups -OCH3 is 1. The second-order valence-corrected chi connectivity index (χ2v) is 3.85. The largest absolute Gasteiger partial charge is 0.497 e. The molecule has 1 aromatic carbocycles. The van der Waals surface area contributed by atoms with Crippen LogP contribution in [0.4, 0.5) is 0 Å². The van der Waals surface area contributed by atoms with Crippen molar-refractivity contribution >= 4 is 11.8 Å². The van der Waals surface area contributed by atoms with Crippen LogP contribution < -0.4 is 21.5 Å². The molecule has 18 heavy (non-hydrogen) atoms. The van der Waals surface area contributed by atoms with Crippen LogP contribution in [0.15, 0.2) is 24.3 Å². The highest BCUT2D eigenvalue weighted by Gasteiger charge is 2.15. The zero-order valence-electron chi connectivity index (χ0n) is 10.2. The smallest absolute Gasteiger partial charge is 0.237 e. The highest BCUT2D eigenvalue weighted by molar-refractivity contribution is 5.87. The molecule has 5 N–H and O–H groups in total. The van der Waals surface area contributed by atoms with Crippen LogP contribution in [0.1, 0.15) is 12.0 Å². The van der Waals surface area contributed by atoms with Crippen LogP contribution in [-0.2, 0) is 16.1 Å². The van der Waals surface area contributed by atoms with E-state index in [1.54, 1.807) is 13.2 Å². The third-order valence-electron chi connectivity index (χ3n) is 2.36. The Labute approximate surface area is 105 Å². The van der Waals surface area contributed by atoms with Gasteiger partial charge in [0.15, 0.2) is 0 Å². The van der Waals surface area contributed by atoms with Gasteiger partial charge in [0.2, 0.25) is 11.8 Å². The zero-order chi connectivity index (χ0) is 13.5. The Morgan fingerprint density at radius 1 is 1.44 bits per heavy atom. The van der Waals surface area contributed by atoms with Gasteiger partial charge in [-0.15, -0.1) is 0 Å². The molecule has 6 heteroatoms. The van der Waals surface area contributed by atoms with E-state index in [-0.39, 0.29) is 6.42 Å². The van der Waals surface area contributed by atoms with Crippen molar-refractivity contribution in [2.24, 2.45) is 11.5 Å². The molecule has 2 amide bonds. The lowest BCUT2D eigenvalue weighted by molar-refractivity contribution is -0.126. The van der Waals surface area contributed by atoms with E-state index in [1.165, 1.54) is 0 Å². The molecule has 1 atom stereocenters. The third-order valence-corrected chi connectivity index (χ3v) is 2.36. The maximum Gasteiger partial charge on any atom is 0.237 e. The summed E-state index contributed by atoms with van der Waals surface area (Å²) in [5.74, 6) is -0.293. The summed E-state index contributed by atoms with van der Waals surface area (Å²) in [6.45, 7) is 0.322. The molecule has 0 aliphatic rings. The molecule has 0 aromatic heterocycles. The summed E-state index contributed by atoms with van der Waals surface area (Å²) in [6, 6.07) is 6.38. The number of hydrogen-bond donors (Lipinski definition) is 3. The number of amides is 2. The number of hydrogen-bond acceptors (Lipinski definition) is 4. The lowest BCUT2D eigenvalue weighted by atomic mass is 10.2. The Kier molecular flexibility index (Phi) is 5.13. The van der Waals surface area contributed by atoms with Gasteiger partial charge in [0.25, 0.3) is 0 Å². The van der Waals surface area contributed by atoms with Crippen LogP contribution in [0.2, 0.25) is 0 Å². The van der Waals surface area contributed by atoms with Crippen LogP contribution in [0.3, 0.4) is 0 Å². The van der Waals surface area contributed by atoms with Crippen molar-refractivity contribution in [3.63, 3.8) is 0 Å². The number of nitrogens with two attached hydrogens (primary N) is 2. The molecule has 1 rings (SSSR count). The van der Waals surface area contributed by atoms with E-state index in [1.807, 2.05) is 18.2 Å². The standard InChI is InChI=1S/C12H17N3O3/c1-18-9-4-2-3-8(5-9)7-15-12(17)10(13)6-11(14)16/h2-5,10H,6-7,13H2,1H3,(H2,14,16)(H,15,17). The number of benzene rings is 1. The van der Waals surface area contributed by atoms with Crippen molar-refractivity contribution in [2.45, 2.75) is 19.0 Å². The molecule has 6 nitrogen and oxygen atoms in total. The van der Waals surface area contributed by atoms with Gasteiger partial charge in [-0.3, -0.25) is 9.59 Å². The molecule has 1 unspecified atom stereocenters. The number of primary amides is 1. The van der Waals surface area contributed by atoms with Gasteiger partial charge in [-0.2, -0.15) is 0 Å². The normalized spacial score (nSPS) is 11.7. The Hall–Kier alpha value is -2.08. The Morgan fingerprint density at radius 3 is 2.78 bits per heavy atom. The maximum atomic E-state index is 11.5. The molecule has 98 valence electrons. The summed E-state index contributed by atoms with van der Waals surface area (Å²) < 4.78 is 5.06. The SMILES string of the molecule is COc1cccc(CNC(=O)C(N)CC(N)=O)c1. The van der Waals surface area contributed by atoms with E-state index in [2.05, 4.69) is 5.32 Å². The fourth-order valence-corrected chi connectivity index (χ4v) is 1.41. The number of ether oxygens (including phenoxy) is 1. The number of nitrogens with one attached hydrogen (secondary N) is 1. The molecule has 0 aliphatic carbocycles. The van der Waals surface area contributed by atoms with Crippen molar-refractivity contribution in [1.29, 1.82) is 0 Å². The Bertz CT molecular complexity index is 434. The van der Waals surface area contributed by atoms with Gasteiger partial charge < -0.3 is 21.5 Å². The third kappa shape index (κ3) is 4.42. The van der Waals surface area contributed by atoms with Gasteiger partial charge in [0.1, 0.15) is 5.75 Å². The van der Waals surface area contributed by atoms with Gasteiger partial charge in [-0.05, 0) is 17.7 Å². The van der Waals surface area contributed by atoms with Crippen molar-refractivity contribution in [2.75, 3.05) is 7.11 Å². The summed E-state index contributed by atoms with van der Waals surface area (Å²) in [7, 11) is 1.57. The molecular weight excluding hydrogens is 234 g/mol. The minimum absolute atomic E-state index is 0.163. The van der Waals surface area contributed by atoms with E-state index in [9.17, 15) is 9.59 Å². The predicted molar refractivity (Wildman–Crippen MR) is 66.6 cm³/mol. The minimum atomic E-state index is -0.909. The zero-order valence-corrected chi connectivity index (χ0v) is 10.2. The summed E-state index contributed by atoms with van der Waals surface area (Å²) >= 11 is 0. The monoisotopic (exact) mass is 251 g/mol. The fraction of sp³-hybridized carbons (Fsp3) is 0.333. The quantitative estimate of drug-likeness (QED) is 0.634. The van der Waals surface area contributed by atoms with Gasteiger partial charge >= 0.3 is 0 Å². The van der Waals surface area contributed by atoms with Crippen molar-refractivity contribution < 1.29 is 14.3 Å². The average molecular weight is 251 g/mol. The Balaban J connectivity index is 2.49. The summed E-state index contributed by atoms with van der Waals surface area (Å²) in [4.78, 5) is 22.1. The van der Waals surface area contributed by atoms with E-state index in [0.29, 0.717) is 12.3 Å². The summed E-state index contributed by atoms with van der Waals surface area (Å²) in [5.41, 5.74) is 11.3. The van der Waals surface area contributed by atoms with Gasteiger partial charge in [-0.25, -0.2) is 0 Å². The second kappa shape index (κ2) is 6.61. The first-order chi connectivity index (χ1) is 8.52. The lowest BCUT2D eigenvalue weighted by Crippen LogP contribution is -2.42. The van der Waals surface area contributed by atoms with Crippen molar-refractivity contribution in [1.82, 2.24) is 5.32 Å². The van der Waals surface area contributed by atoms with Crippen LogP contribution in [0.25, 0.3) is 0 Å². The lowest BCUT2D eigenvalue weighted by Gasteiger charge is -2.11. The van der Waals surface area contributed by atoms with Crippen LogP contribution in [-0.4, -0.2) is 25.0 Å². The van der Waals surface area contributed by atoms with Gasteiger partial charge in [-0.1, -0.05) is 12.1 Å². The topological polar surface area (TPSA) is 107 Å². The maximum absolute atomic E-state index is 11.5. The summed E-state index contributed by atoms with van der Waals surface area (Å²) in [6.07, 6.45) is -0.163. The first-order valence-electron chi connectivity index (χ1n) is 5.47. The predicted octanol–water partition coefficient (Wildman–Crippen LogP) is -0.486. The number of carbonyl (C=O) groups excluding carboxylic acids is 2. The van der Waals surface area contributed by atoms with Crippen molar-refractivity contribution in [3.05, 3.63) is 29.8 Å². The van der Waals surface area contributed by atoms with Gasteiger partial charge in [0.05, 0.1) is 19.6 Å². The Morgan fingerprint density at radius 2 is 2.17 bits per heavy atom. The van der Waals surface area contributed by atoms with E-state index in [4.69, 9.17) is 16.2 Å². The van der Waals surface area contributed by atoms with Crippen LogP contribution in [0, 0.1) is 0 Å². The molecule has 0 fully saturated rings. The first kappa shape index (κ1) is 14.0. The molecular formula is C12H17N3O3. The fourth-order valence-electron chi connectivity index (χ4n) is 1.41.